The first kappa shape index (κ1) is 17.8. The van der Waals surface area contributed by atoms with Gasteiger partial charge in [-0.05, 0) is 36.2 Å². The number of nitrogen functional groups attached to an aromatic ring is 1. The van der Waals surface area contributed by atoms with E-state index in [0.717, 1.165) is 0 Å². The van der Waals surface area contributed by atoms with Gasteiger partial charge in [-0.2, -0.15) is 15.6 Å². The van der Waals surface area contributed by atoms with Crippen molar-refractivity contribution in [2.75, 3.05) is 5.73 Å². The number of halogens is 2. The second-order valence-electron chi connectivity index (χ2n) is 5.59. The molecule has 26 heavy (non-hydrogen) atoms. The van der Waals surface area contributed by atoms with E-state index in [1.807, 2.05) is 30.3 Å². The summed E-state index contributed by atoms with van der Waals surface area (Å²) < 4.78 is 1.46. The molecule has 0 aliphatic rings. The van der Waals surface area contributed by atoms with Crippen molar-refractivity contribution in [3.05, 3.63) is 75.4 Å². The first-order chi connectivity index (χ1) is 12.6. The molecule has 0 radical (unpaired) electrons. The Morgan fingerprint density at radius 1 is 1.04 bits per heavy atom. The van der Waals surface area contributed by atoms with Crippen molar-refractivity contribution < 1.29 is 0 Å². The van der Waals surface area contributed by atoms with Crippen LogP contribution in [0, 0.1) is 22.7 Å². The van der Waals surface area contributed by atoms with Crippen LogP contribution in [0.2, 0.25) is 10.0 Å². The molecule has 5 nitrogen and oxygen atoms in total. The highest BCUT2D eigenvalue weighted by Gasteiger charge is 2.25. The van der Waals surface area contributed by atoms with Gasteiger partial charge in [-0.3, -0.25) is 0 Å². The van der Waals surface area contributed by atoms with E-state index in [9.17, 15) is 10.5 Å². The summed E-state index contributed by atoms with van der Waals surface area (Å²) in [6, 6.07) is 18.6. The number of hydrogen-bond acceptors (Lipinski definition) is 4. The average Bonchev–Trinajstić information content (AvgIpc) is 2.98. The molecule has 2 N–H and O–H groups in total. The lowest BCUT2D eigenvalue weighted by Crippen LogP contribution is -2.05. The molecule has 0 saturated heterocycles. The molecule has 1 heterocycles. The molecule has 1 atom stereocenters. The van der Waals surface area contributed by atoms with Gasteiger partial charge in [0.05, 0.1) is 17.7 Å². The Kier molecular flexibility index (Phi) is 5.14. The Balaban J connectivity index is 2.07. The molecule has 0 spiro atoms. The molecule has 2 aromatic carbocycles. The van der Waals surface area contributed by atoms with Crippen LogP contribution < -0.4 is 5.73 Å². The van der Waals surface area contributed by atoms with E-state index in [1.54, 1.807) is 18.2 Å². The van der Waals surface area contributed by atoms with Gasteiger partial charge in [0.2, 0.25) is 0 Å². The quantitative estimate of drug-likeness (QED) is 0.720. The van der Waals surface area contributed by atoms with Crippen LogP contribution in [0.25, 0.3) is 5.69 Å². The number of nitrogens with two attached hydrogens (primary N) is 1. The van der Waals surface area contributed by atoms with E-state index in [4.69, 9.17) is 28.9 Å². The van der Waals surface area contributed by atoms with E-state index in [2.05, 4.69) is 17.2 Å². The van der Waals surface area contributed by atoms with Crippen molar-refractivity contribution in [2.24, 2.45) is 0 Å². The number of rotatable bonds is 4. The lowest BCUT2D eigenvalue weighted by Gasteiger charge is -2.10. The molecule has 3 aromatic rings. The third kappa shape index (κ3) is 3.23. The highest BCUT2D eigenvalue weighted by molar-refractivity contribution is 6.36. The standard InChI is InChI=1S/C19H13Cl2N5/c20-16-7-4-8-17(21)14(16)9-12(10-22)18-15(11-23)19(24)26(25-18)13-5-2-1-3-6-13/h1-8,12H,9,24H2. The lowest BCUT2D eigenvalue weighted by atomic mass is 9.95. The summed E-state index contributed by atoms with van der Waals surface area (Å²) in [4.78, 5) is 0. The second kappa shape index (κ2) is 7.49. The van der Waals surface area contributed by atoms with Gasteiger partial charge in [0.25, 0.3) is 0 Å². The monoisotopic (exact) mass is 381 g/mol. The number of nitrogens with zero attached hydrogens (tertiary/aromatic N) is 4. The normalized spacial score (nSPS) is 11.5. The van der Waals surface area contributed by atoms with Gasteiger partial charge in [-0.25, -0.2) is 4.68 Å². The number of benzene rings is 2. The van der Waals surface area contributed by atoms with Crippen molar-refractivity contribution in [3.8, 4) is 17.8 Å². The summed E-state index contributed by atoms with van der Waals surface area (Å²) >= 11 is 12.4. The van der Waals surface area contributed by atoms with Crippen molar-refractivity contribution >= 4 is 29.0 Å². The van der Waals surface area contributed by atoms with Crippen LogP contribution >= 0.6 is 23.2 Å². The number of aromatic nitrogens is 2. The van der Waals surface area contributed by atoms with E-state index in [0.29, 0.717) is 27.0 Å². The van der Waals surface area contributed by atoms with E-state index in [-0.39, 0.29) is 17.8 Å². The number of anilines is 1. The third-order valence-corrected chi connectivity index (χ3v) is 4.72. The first-order valence-electron chi connectivity index (χ1n) is 7.73. The largest absolute Gasteiger partial charge is 0.382 e. The second-order valence-corrected chi connectivity index (χ2v) is 6.41. The predicted molar refractivity (Wildman–Crippen MR) is 101 cm³/mol. The summed E-state index contributed by atoms with van der Waals surface area (Å²) in [5.41, 5.74) is 7.95. The Bertz CT molecular complexity index is 1010. The summed E-state index contributed by atoms with van der Waals surface area (Å²) in [5, 5.41) is 24.6. The SMILES string of the molecule is N#Cc1c(C(C#N)Cc2c(Cl)cccc2Cl)nn(-c2ccccc2)c1N. The zero-order chi connectivity index (χ0) is 18.7. The number of para-hydroxylation sites is 1. The molecular weight excluding hydrogens is 369 g/mol. The highest BCUT2D eigenvalue weighted by Crippen LogP contribution is 2.32. The van der Waals surface area contributed by atoms with Crippen LogP contribution in [-0.4, -0.2) is 9.78 Å². The van der Waals surface area contributed by atoms with Gasteiger partial charge < -0.3 is 5.73 Å². The average molecular weight is 382 g/mol. The maximum Gasteiger partial charge on any atom is 0.145 e. The van der Waals surface area contributed by atoms with Gasteiger partial charge in [0, 0.05) is 10.0 Å². The Labute approximate surface area is 160 Å². The maximum atomic E-state index is 9.68. The van der Waals surface area contributed by atoms with Crippen LogP contribution in [-0.2, 0) is 6.42 Å². The molecule has 1 aromatic heterocycles. The van der Waals surface area contributed by atoms with Crippen LogP contribution in [0.4, 0.5) is 5.82 Å². The fraction of sp³-hybridized carbons (Fsp3) is 0.105. The Morgan fingerprint density at radius 2 is 1.69 bits per heavy atom. The van der Waals surface area contributed by atoms with E-state index in [1.165, 1.54) is 4.68 Å². The van der Waals surface area contributed by atoms with Crippen molar-refractivity contribution in [3.63, 3.8) is 0 Å². The molecule has 0 bridgehead atoms. The van der Waals surface area contributed by atoms with Crippen LogP contribution in [0.5, 0.6) is 0 Å². The molecule has 0 aliphatic carbocycles. The molecule has 0 amide bonds. The zero-order valence-corrected chi connectivity index (χ0v) is 15.0. The summed E-state index contributed by atoms with van der Waals surface area (Å²) in [5.74, 6) is -0.520. The van der Waals surface area contributed by atoms with Crippen molar-refractivity contribution in [1.82, 2.24) is 9.78 Å². The summed E-state index contributed by atoms with van der Waals surface area (Å²) in [6.07, 6.45) is 0.231. The predicted octanol–water partition coefficient (Wildman–Crippen LogP) is 4.48. The topological polar surface area (TPSA) is 91.4 Å². The summed E-state index contributed by atoms with van der Waals surface area (Å²) in [7, 11) is 0. The molecule has 1 unspecified atom stereocenters. The molecular formula is C19H13Cl2N5. The lowest BCUT2D eigenvalue weighted by molar-refractivity contribution is 0.769. The van der Waals surface area contributed by atoms with Gasteiger partial charge in [-0.15, -0.1) is 0 Å². The highest BCUT2D eigenvalue weighted by atomic mass is 35.5. The molecule has 0 fully saturated rings. The van der Waals surface area contributed by atoms with Gasteiger partial charge in [0.1, 0.15) is 23.1 Å². The van der Waals surface area contributed by atoms with Crippen molar-refractivity contribution in [2.45, 2.75) is 12.3 Å². The maximum absolute atomic E-state index is 9.68. The van der Waals surface area contributed by atoms with Crippen LogP contribution in [0.3, 0.4) is 0 Å². The zero-order valence-electron chi connectivity index (χ0n) is 13.5. The molecule has 128 valence electrons. The molecule has 0 saturated carbocycles. The first-order valence-corrected chi connectivity index (χ1v) is 8.48. The van der Waals surface area contributed by atoms with Crippen LogP contribution in [0.15, 0.2) is 48.5 Å². The smallest absolute Gasteiger partial charge is 0.145 e. The minimum absolute atomic E-state index is 0.184. The fourth-order valence-corrected chi connectivity index (χ4v) is 3.26. The minimum Gasteiger partial charge on any atom is -0.382 e. The molecule has 3 rings (SSSR count). The Hall–Kier alpha value is -2.99. The fourth-order valence-electron chi connectivity index (χ4n) is 2.71. The van der Waals surface area contributed by atoms with Gasteiger partial charge in [0.15, 0.2) is 0 Å². The van der Waals surface area contributed by atoms with E-state index >= 15 is 0 Å². The van der Waals surface area contributed by atoms with E-state index < -0.39 is 5.92 Å². The number of nitriles is 2. The molecule has 0 aliphatic heterocycles. The minimum atomic E-state index is -0.714. The summed E-state index contributed by atoms with van der Waals surface area (Å²) in [6.45, 7) is 0. The Morgan fingerprint density at radius 3 is 2.27 bits per heavy atom. The van der Waals surface area contributed by atoms with Crippen LogP contribution in [0.1, 0.15) is 22.7 Å². The molecule has 7 heteroatoms. The van der Waals surface area contributed by atoms with Gasteiger partial charge >= 0.3 is 0 Å². The number of hydrogen-bond donors (Lipinski definition) is 1. The third-order valence-electron chi connectivity index (χ3n) is 4.02. The van der Waals surface area contributed by atoms with Crippen molar-refractivity contribution in [1.29, 1.82) is 10.5 Å². The van der Waals surface area contributed by atoms with Gasteiger partial charge in [-0.1, -0.05) is 47.5 Å².